The van der Waals surface area contributed by atoms with E-state index >= 15 is 0 Å². The fraction of sp³-hybridized carbons (Fsp3) is 0.179. The maximum Gasteiger partial charge on any atom is 0.277 e. The van der Waals surface area contributed by atoms with Crippen molar-refractivity contribution in [2.45, 2.75) is 6.54 Å². The molecule has 10 heteroatoms. The summed E-state index contributed by atoms with van der Waals surface area (Å²) in [6.07, 6.45) is 5.30. The molecule has 0 aliphatic rings. The van der Waals surface area contributed by atoms with Gasteiger partial charge < -0.3 is 24.3 Å². The minimum Gasteiger partial charge on any atom is -0.495 e. The molecule has 0 atom stereocenters. The predicted octanol–water partition coefficient (Wildman–Crippen LogP) is 4.92. The molecule has 0 fully saturated rings. The number of ether oxygens (including phenoxy) is 4. The van der Waals surface area contributed by atoms with Gasteiger partial charge in [0.2, 0.25) is 5.75 Å². The number of aromatic nitrogens is 3. The number of anilines is 1. The molecule has 3 aromatic carbocycles. The molecular formula is C28H27FN4O5. The van der Waals surface area contributed by atoms with Gasteiger partial charge in [-0.3, -0.25) is 4.79 Å². The van der Waals surface area contributed by atoms with Crippen LogP contribution in [0.2, 0.25) is 0 Å². The van der Waals surface area contributed by atoms with Crippen LogP contribution in [0.1, 0.15) is 27.2 Å². The standard InChI is InChI=1S/C28H27FN4O5/c1-35-24-12-9-18(5-6-20-14-25(36-2)27(38-4)26(15-20)37-3)13-22(24)30-28(34)23-17-33(32-31-23)16-19-7-10-21(29)11-8-19/h5-15,17H,16H2,1-4H3,(H,30,34)/b6-5-. The number of halogens is 1. The number of hydrogen-bond acceptors (Lipinski definition) is 7. The molecule has 0 unspecified atom stereocenters. The lowest BCUT2D eigenvalue weighted by molar-refractivity contribution is 0.102. The van der Waals surface area contributed by atoms with Crippen molar-refractivity contribution >= 4 is 23.7 Å². The number of rotatable bonds is 10. The van der Waals surface area contributed by atoms with Crippen molar-refractivity contribution in [3.8, 4) is 23.0 Å². The predicted molar refractivity (Wildman–Crippen MR) is 141 cm³/mol. The Bertz CT molecular complexity index is 1430. The van der Waals surface area contributed by atoms with Gasteiger partial charge in [-0.25, -0.2) is 9.07 Å². The fourth-order valence-electron chi connectivity index (χ4n) is 3.76. The minimum atomic E-state index is -0.445. The quantitative estimate of drug-likeness (QED) is 0.298. The van der Waals surface area contributed by atoms with Gasteiger partial charge in [0.1, 0.15) is 11.6 Å². The molecule has 9 nitrogen and oxygen atoms in total. The van der Waals surface area contributed by atoms with Gasteiger partial charge in [0, 0.05) is 0 Å². The highest BCUT2D eigenvalue weighted by Crippen LogP contribution is 2.38. The highest BCUT2D eigenvalue weighted by Gasteiger charge is 2.15. The van der Waals surface area contributed by atoms with Crippen molar-refractivity contribution in [1.82, 2.24) is 15.0 Å². The molecule has 0 radical (unpaired) electrons. The normalized spacial score (nSPS) is 10.9. The summed E-state index contributed by atoms with van der Waals surface area (Å²) in [6, 6.07) is 15.1. The number of benzene rings is 3. The number of hydrogen-bond donors (Lipinski definition) is 1. The second-order valence-corrected chi connectivity index (χ2v) is 8.13. The zero-order chi connectivity index (χ0) is 27.1. The van der Waals surface area contributed by atoms with Crippen molar-refractivity contribution in [2.75, 3.05) is 33.8 Å². The zero-order valence-electron chi connectivity index (χ0n) is 21.4. The Balaban J connectivity index is 1.51. The molecular weight excluding hydrogens is 491 g/mol. The summed E-state index contributed by atoms with van der Waals surface area (Å²) in [5, 5.41) is 10.8. The summed E-state index contributed by atoms with van der Waals surface area (Å²) in [4.78, 5) is 12.9. The lowest BCUT2D eigenvalue weighted by Gasteiger charge is -2.13. The van der Waals surface area contributed by atoms with Crippen LogP contribution in [-0.4, -0.2) is 49.3 Å². The van der Waals surface area contributed by atoms with E-state index in [0.717, 1.165) is 16.7 Å². The largest absolute Gasteiger partial charge is 0.495 e. The SMILES string of the molecule is COc1ccc(/C=C\c2cc(OC)c(OC)c(OC)c2)cc1NC(=O)c1cn(Cc2ccc(F)cc2)nn1. The van der Waals surface area contributed by atoms with Crippen LogP contribution in [0.25, 0.3) is 12.2 Å². The van der Waals surface area contributed by atoms with Gasteiger partial charge in [-0.05, 0) is 53.1 Å². The van der Waals surface area contributed by atoms with E-state index in [1.54, 1.807) is 45.6 Å². The Morgan fingerprint density at radius 2 is 1.53 bits per heavy atom. The van der Waals surface area contributed by atoms with E-state index < -0.39 is 5.91 Å². The van der Waals surface area contributed by atoms with E-state index in [-0.39, 0.29) is 11.5 Å². The molecule has 196 valence electrons. The average molecular weight is 519 g/mol. The smallest absolute Gasteiger partial charge is 0.277 e. The van der Waals surface area contributed by atoms with Gasteiger partial charge in [-0.2, -0.15) is 0 Å². The molecule has 0 aliphatic carbocycles. The first-order valence-electron chi connectivity index (χ1n) is 11.6. The minimum absolute atomic E-state index is 0.132. The highest BCUT2D eigenvalue weighted by atomic mass is 19.1. The van der Waals surface area contributed by atoms with Crippen molar-refractivity contribution < 1.29 is 28.1 Å². The first-order chi connectivity index (χ1) is 18.4. The monoisotopic (exact) mass is 518 g/mol. The number of methoxy groups -OCH3 is 4. The molecule has 38 heavy (non-hydrogen) atoms. The third-order valence-electron chi connectivity index (χ3n) is 5.66. The molecule has 1 amide bonds. The van der Waals surface area contributed by atoms with Crippen molar-refractivity contribution in [3.63, 3.8) is 0 Å². The Hall–Kier alpha value is -4.86. The van der Waals surface area contributed by atoms with Gasteiger partial charge in [-0.1, -0.05) is 35.6 Å². The Kier molecular flexibility index (Phi) is 8.22. The van der Waals surface area contributed by atoms with E-state index in [0.29, 0.717) is 35.2 Å². The van der Waals surface area contributed by atoms with E-state index in [9.17, 15) is 9.18 Å². The van der Waals surface area contributed by atoms with Crippen LogP contribution < -0.4 is 24.3 Å². The summed E-state index contributed by atoms with van der Waals surface area (Å²) in [6.45, 7) is 0.352. The maximum absolute atomic E-state index is 13.1. The van der Waals surface area contributed by atoms with Gasteiger partial charge in [-0.15, -0.1) is 5.10 Å². The molecule has 0 saturated carbocycles. The molecule has 0 saturated heterocycles. The second-order valence-electron chi connectivity index (χ2n) is 8.13. The molecule has 0 aliphatic heterocycles. The lowest BCUT2D eigenvalue weighted by atomic mass is 10.1. The van der Waals surface area contributed by atoms with Crippen LogP contribution in [0.5, 0.6) is 23.0 Å². The number of amides is 1. The number of carbonyl (C=O) groups is 1. The van der Waals surface area contributed by atoms with Gasteiger partial charge in [0.15, 0.2) is 17.2 Å². The lowest BCUT2D eigenvalue weighted by Crippen LogP contribution is -2.13. The molecule has 4 rings (SSSR count). The Morgan fingerprint density at radius 3 is 2.16 bits per heavy atom. The first-order valence-corrected chi connectivity index (χ1v) is 11.6. The van der Waals surface area contributed by atoms with Gasteiger partial charge in [0.05, 0.1) is 46.9 Å². The van der Waals surface area contributed by atoms with Crippen molar-refractivity contribution in [2.24, 2.45) is 0 Å². The zero-order valence-corrected chi connectivity index (χ0v) is 21.4. The topological polar surface area (TPSA) is 96.7 Å². The maximum atomic E-state index is 13.1. The fourth-order valence-corrected chi connectivity index (χ4v) is 3.76. The highest BCUT2D eigenvalue weighted by molar-refractivity contribution is 6.03. The van der Waals surface area contributed by atoms with Crippen LogP contribution in [0.3, 0.4) is 0 Å². The Labute approximate surface area is 219 Å². The third kappa shape index (κ3) is 6.09. The first kappa shape index (κ1) is 26.2. The van der Waals surface area contributed by atoms with E-state index in [2.05, 4.69) is 15.6 Å². The van der Waals surface area contributed by atoms with Crippen LogP contribution >= 0.6 is 0 Å². The summed E-state index contributed by atoms with van der Waals surface area (Å²) in [7, 11) is 6.19. The van der Waals surface area contributed by atoms with E-state index in [1.165, 1.54) is 30.1 Å². The summed E-state index contributed by atoms with van der Waals surface area (Å²) < 4.78 is 36.3. The van der Waals surface area contributed by atoms with Crippen molar-refractivity contribution in [1.29, 1.82) is 0 Å². The van der Waals surface area contributed by atoms with Crippen LogP contribution in [0.4, 0.5) is 10.1 Å². The summed E-state index contributed by atoms with van der Waals surface area (Å²) in [5.74, 6) is 1.32. The van der Waals surface area contributed by atoms with Gasteiger partial charge >= 0.3 is 0 Å². The molecule has 0 bridgehead atoms. The van der Waals surface area contributed by atoms with Crippen LogP contribution in [0.15, 0.2) is 60.8 Å². The molecule has 1 aromatic heterocycles. The molecule has 1 N–H and O–H groups in total. The molecule has 1 heterocycles. The van der Waals surface area contributed by atoms with E-state index in [4.69, 9.17) is 18.9 Å². The van der Waals surface area contributed by atoms with Crippen LogP contribution in [-0.2, 0) is 6.54 Å². The second kappa shape index (κ2) is 11.9. The van der Waals surface area contributed by atoms with Gasteiger partial charge in [0.25, 0.3) is 5.91 Å². The number of nitrogens with one attached hydrogen (secondary N) is 1. The van der Waals surface area contributed by atoms with Crippen molar-refractivity contribution in [3.05, 3.63) is 89.0 Å². The Morgan fingerprint density at radius 1 is 0.868 bits per heavy atom. The average Bonchev–Trinajstić information content (AvgIpc) is 3.41. The van der Waals surface area contributed by atoms with Crippen LogP contribution in [0, 0.1) is 5.82 Å². The number of nitrogens with zero attached hydrogens (tertiary/aromatic N) is 3. The molecule has 4 aromatic rings. The third-order valence-corrected chi connectivity index (χ3v) is 5.66. The summed E-state index contributed by atoms with van der Waals surface area (Å²) >= 11 is 0. The molecule has 0 spiro atoms. The number of carbonyl (C=O) groups excluding carboxylic acids is 1. The summed E-state index contributed by atoms with van der Waals surface area (Å²) in [5.41, 5.74) is 3.08. The van der Waals surface area contributed by atoms with E-state index in [1.807, 2.05) is 30.4 Å².